The zero-order valence-electron chi connectivity index (χ0n) is 7.64. The molecular weight excluding hydrogens is 223 g/mol. The van der Waals surface area contributed by atoms with Crippen molar-refractivity contribution < 1.29 is 13.2 Å². The normalized spacial score (nSPS) is 12.3. The first kappa shape index (κ1) is 10.4. The van der Waals surface area contributed by atoms with Gasteiger partial charge in [-0.15, -0.1) is 11.3 Å². The summed E-state index contributed by atoms with van der Waals surface area (Å²) in [5, 5.41) is 0.607. The van der Waals surface area contributed by atoms with Crippen molar-refractivity contribution in [2.75, 3.05) is 0 Å². The molecule has 0 aliphatic heterocycles. The van der Waals surface area contributed by atoms with E-state index in [-0.39, 0.29) is 0 Å². The van der Waals surface area contributed by atoms with Gasteiger partial charge in [0.25, 0.3) is 0 Å². The number of thiophene rings is 1. The summed E-state index contributed by atoms with van der Waals surface area (Å²) < 4.78 is 37.8. The summed E-state index contributed by atoms with van der Waals surface area (Å²) >= 11 is 0.758. The van der Waals surface area contributed by atoms with Gasteiger partial charge in [-0.2, -0.15) is 13.2 Å². The van der Waals surface area contributed by atoms with Crippen LogP contribution in [0.15, 0.2) is 24.3 Å². The Hall–Kier alpha value is -1.07. The van der Waals surface area contributed by atoms with E-state index >= 15 is 0 Å². The molecule has 80 valence electrons. The second kappa shape index (κ2) is 3.50. The lowest BCUT2D eigenvalue weighted by Gasteiger charge is -1.99. The average molecular weight is 231 g/mol. The van der Waals surface area contributed by atoms with Gasteiger partial charge >= 0.3 is 6.18 Å². The lowest BCUT2D eigenvalue weighted by atomic mass is 10.1. The van der Waals surface area contributed by atoms with Gasteiger partial charge in [0.1, 0.15) is 4.88 Å². The molecule has 5 heteroatoms. The average Bonchev–Trinajstić information content (AvgIpc) is 2.59. The van der Waals surface area contributed by atoms with Crippen molar-refractivity contribution in [3.63, 3.8) is 0 Å². The first-order chi connectivity index (χ1) is 7.00. The van der Waals surface area contributed by atoms with Gasteiger partial charge in [0.05, 0.1) is 0 Å². The van der Waals surface area contributed by atoms with Crippen LogP contribution in [0.5, 0.6) is 0 Å². The Kier molecular flexibility index (Phi) is 2.44. The number of benzene rings is 1. The van der Waals surface area contributed by atoms with Crippen molar-refractivity contribution in [1.82, 2.24) is 0 Å². The molecule has 0 atom stereocenters. The molecule has 2 aromatic rings. The van der Waals surface area contributed by atoms with Crippen molar-refractivity contribution in [2.45, 2.75) is 12.7 Å². The molecule has 0 bridgehead atoms. The molecule has 0 spiro atoms. The molecule has 0 fully saturated rings. The van der Waals surface area contributed by atoms with E-state index in [1.54, 1.807) is 18.2 Å². The molecule has 2 N–H and O–H groups in total. The number of halogens is 3. The maximum atomic E-state index is 12.4. The monoisotopic (exact) mass is 231 g/mol. The van der Waals surface area contributed by atoms with Crippen molar-refractivity contribution in [1.29, 1.82) is 0 Å². The Balaban J connectivity index is 2.56. The van der Waals surface area contributed by atoms with Gasteiger partial charge in [0, 0.05) is 11.2 Å². The Morgan fingerprint density at radius 1 is 1.20 bits per heavy atom. The Bertz CT molecular complexity index is 487. The summed E-state index contributed by atoms with van der Waals surface area (Å²) in [4.78, 5) is -0.563. The Morgan fingerprint density at radius 3 is 2.53 bits per heavy atom. The highest BCUT2D eigenvalue weighted by atomic mass is 32.1. The maximum Gasteiger partial charge on any atom is 0.425 e. The molecule has 1 nitrogen and oxygen atoms in total. The number of hydrogen-bond donors (Lipinski definition) is 1. The third-order valence-electron chi connectivity index (χ3n) is 2.10. The van der Waals surface area contributed by atoms with Crippen molar-refractivity contribution in [3.05, 3.63) is 34.7 Å². The van der Waals surface area contributed by atoms with Gasteiger partial charge in [-0.3, -0.25) is 0 Å². The summed E-state index contributed by atoms with van der Waals surface area (Å²) in [5.41, 5.74) is 6.26. The van der Waals surface area contributed by atoms with Crippen LogP contribution in [0, 0.1) is 0 Å². The molecular formula is C10H8F3NS. The summed E-state index contributed by atoms with van der Waals surface area (Å²) in [6.45, 7) is 0.340. The van der Waals surface area contributed by atoms with Gasteiger partial charge in [-0.1, -0.05) is 6.07 Å². The predicted molar refractivity (Wildman–Crippen MR) is 54.7 cm³/mol. The van der Waals surface area contributed by atoms with Gasteiger partial charge in [0.15, 0.2) is 0 Å². The van der Waals surface area contributed by atoms with Crippen LogP contribution in [0.4, 0.5) is 13.2 Å². The minimum atomic E-state index is -4.26. The molecule has 0 aliphatic rings. The fourth-order valence-electron chi connectivity index (χ4n) is 1.36. The van der Waals surface area contributed by atoms with Crippen LogP contribution in [0.25, 0.3) is 10.1 Å². The largest absolute Gasteiger partial charge is 0.425 e. The smallest absolute Gasteiger partial charge is 0.326 e. The molecule has 15 heavy (non-hydrogen) atoms. The van der Waals surface area contributed by atoms with Crippen LogP contribution >= 0.6 is 11.3 Å². The van der Waals surface area contributed by atoms with Crippen molar-refractivity contribution >= 4 is 21.4 Å². The first-order valence-electron chi connectivity index (χ1n) is 4.30. The summed E-state index contributed by atoms with van der Waals surface area (Å²) in [6, 6.07) is 6.29. The number of fused-ring (bicyclic) bond motifs is 1. The Labute approximate surface area is 88.3 Å². The van der Waals surface area contributed by atoms with Gasteiger partial charge < -0.3 is 5.73 Å². The van der Waals surface area contributed by atoms with Crippen LogP contribution in [-0.2, 0) is 12.7 Å². The molecule has 1 aromatic carbocycles. The molecule has 0 radical (unpaired) electrons. The van der Waals surface area contributed by atoms with Crippen LogP contribution in [0.2, 0.25) is 0 Å². The highest BCUT2D eigenvalue weighted by Gasteiger charge is 2.32. The summed E-state index contributed by atoms with van der Waals surface area (Å²) in [5.74, 6) is 0. The van der Waals surface area contributed by atoms with E-state index in [9.17, 15) is 13.2 Å². The SMILES string of the molecule is NCc1ccc2sc(C(F)(F)F)cc2c1. The van der Waals surface area contributed by atoms with E-state index in [0.29, 0.717) is 16.6 Å². The number of alkyl halides is 3. The second-order valence-electron chi connectivity index (χ2n) is 3.18. The van der Waals surface area contributed by atoms with E-state index in [1.165, 1.54) is 6.07 Å². The highest BCUT2D eigenvalue weighted by molar-refractivity contribution is 7.19. The standard InChI is InChI=1S/C10H8F3NS/c11-10(12,13)9-4-7-3-6(5-14)1-2-8(7)15-9/h1-4H,5,14H2. The minimum absolute atomic E-state index is 0.340. The second-order valence-corrected chi connectivity index (χ2v) is 4.27. The molecule has 0 unspecified atom stereocenters. The topological polar surface area (TPSA) is 26.0 Å². The summed E-state index contributed by atoms with van der Waals surface area (Å²) in [7, 11) is 0. The summed E-state index contributed by atoms with van der Waals surface area (Å²) in [6.07, 6.45) is -4.26. The predicted octanol–water partition coefficient (Wildman–Crippen LogP) is 3.38. The molecule has 2 rings (SSSR count). The van der Waals surface area contributed by atoms with Crippen LogP contribution in [0.3, 0.4) is 0 Å². The van der Waals surface area contributed by atoms with Gasteiger partial charge in [-0.25, -0.2) is 0 Å². The van der Waals surface area contributed by atoms with Crippen LogP contribution < -0.4 is 5.73 Å². The third-order valence-corrected chi connectivity index (χ3v) is 3.26. The van der Waals surface area contributed by atoms with E-state index < -0.39 is 11.1 Å². The minimum Gasteiger partial charge on any atom is -0.326 e. The molecule has 0 saturated carbocycles. The van der Waals surface area contributed by atoms with E-state index in [1.807, 2.05) is 0 Å². The van der Waals surface area contributed by atoms with E-state index in [0.717, 1.165) is 16.9 Å². The van der Waals surface area contributed by atoms with Gasteiger partial charge in [0.2, 0.25) is 0 Å². The molecule has 0 aliphatic carbocycles. The van der Waals surface area contributed by atoms with E-state index in [4.69, 9.17) is 5.73 Å². The fraction of sp³-hybridized carbons (Fsp3) is 0.200. The van der Waals surface area contributed by atoms with Crippen molar-refractivity contribution in [3.8, 4) is 0 Å². The van der Waals surface area contributed by atoms with Gasteiger partial charge in [-0.05, 0) is 29.1 Å². The number of hydrogen-bond acceptors (Lipinski definition) is 2. The zero-order valence-corrected chi connectivity index (χ0v) is 8.45. The van der Waals surface area contributed by atoms with Crippen LogP contribution in [-0.4, -0.2) is 0 Å². The molecule has 0 amide bonds. The molecule has 1 aromatic heterocycles. The highest BCUT2D eigenvalue weighted by Crippen LogP contribution is 2.38. The molecule has 0 saturated heterocycles. The fourth-order valence-corrected chi connectivity index (χ4v) is 2.27. The van der Waals surface area contributed by atoms with Crippen LogP contribution in [0.1, 0.15) is 10.4 Å². The number of nitrogens with two attached hydrogens (primary N) is 1. The quantitative estimate of drug-likeness (QED) is 0.800. The van der Waals surface area contributed by atoms with E-state index in [2.05, 4.69) is 0 Å². The lowest BCUT2D eigenvalue weighted by Crippen LogP contribution is -2.00. The maximum absolute atomic E-state index is 12.4. The van der Waals surface area contributed by atoms with Crippen molar-refractivity contribution in [2.24, 2.45) is 5.73 Å². The Morgan fingerprint density at radius 2 is 1.93 bits per heavy atom. The zero-order chi connectivity index (χ0) is 11.1. The number of rotatable bonds is 1. The first-order valence-corrected chi connectivity index (χ1v) is 5.12. The molecule has 1 heterocycles. The lowest BCUT2D eigenvalue weighted by molar-refractivity contribution is -0.134. The third kappa shape index (κ3) is 1.98.